The maximum Gasteiger partial charge on any atom is 0.276 e. The lowest BCUT2D eigenvalue weighted by molar-refractivity contribution is 0.431. The number of nitrogens with zero attached hydrogens (tertiary/aromatic N) is 4. The molecule has 1 aliphatic rings. The number of nitrogens with one attached hydrogen (secondary N) is 1. The summed E-state index contributed by atoms with van der Waals surface area (Å²) in [5.41, 5.74) is 11.2. The summed E-state index contributed by atoms with van der Waals surface area (Å²) in [7, 11) is 0. The number of anilines is 1. The highest BCUT2D eigenvalue weighted by molar-refractivity contribution is 5.66. The van der Waals surface area contributed by atoms with Crippen LogP contribution in [0.25, 0.3) is 23.0 Å². The van der Waals surface area contributed by atoms with E-state index in [-0.39, 0.29) is 0 Å². The van der Waals surface area contributed by atoms with Gasteiger partial charge in [0.2, 0.25) is 5.82 Å². The van der Waals surface area contributed by atoms with Gasteiger partial charge in [0.25, 0.3) is 5.89 Å². The van der Waals surface area contributed by atoms with Gasteiger partial charge in [0.1, 0.15) is 5.69 Å². The van der Waals surface area contributed by atoms with Gasteiger partial charge in [0, 0.05) is 35.9 Å². The van der Waals surface area contributed by atoms with Gasteiger partial charge >= 0.3 is 0 Å². The molecule has 7 heteroatoms. The average molecular weight is 308 g/mol. The van der Waals surface area contributed by atoms with E-state index in [1.165, 1.54) is 11.1 Å². The standard InChI is InChI=1S/C16H16N6O/c1-9-14(12-3-4-18-7-10(12)8-20-9)15-21-16(23-22-15)13-6-11(17)2-5-19-13/h2,5-6,8,18H,3-4,7H2,1H3,(H2,17,19). The van der Waals surface area contributed by atoms with Gasteiger partial charge in [0.05, 0.1) is 0 Å². The summed E-state index contributed by atoms with van der Waals surface area (Å²) in [6.07, 6.45) is 4.46. The Kier molecular flexibility index (Phi) is 3.27. The molecule has 3 N–H and O–H groups in total. The van der Waals surface area contributed by atoms with Crippen LogP contribution in [-0.4, -0.2) is 26.7 Å². The minimum atomic E-state index is 0.359. The minimum absolute atomic E-state index is 0.359. The van der Waals surface area contributed by atoms with Crippen molar-refractivity contribution in [3.05, 3.63) is 41.3 Å². The Bertz CT molecular complexity index is 873. The molecule has 0 aliphatic carbocycles. The quantitative estimate of drug-likeness (QED) is 0.743. The van der Waals surface area contributed by atoms with Crippen molar-refractivity contribution < 1.29 is 4.52 Å². The summed E-state index contributed by atoms with van der Waals surface area (Å²) in [6, 6.07) is 3.43. The third kappa shape index (κ3) is 2.44. The second kappa shape index (κ2) is 5.44. The average Bonchev–Trinajstić information content (AvgIpc) is 3.04. The molecule has 0 saturated heterocycles. The van der Waals surface area contributed by atoms with E-state index in [1.807, 2.05) is 13.1 Å². The molecule has 23 heavy (non-hydrogen) atoms. The van der Waals surface area contributed by atoms with E-state index in [1.54, 1.807) is 18.3 Å². The van der Waals surface area contributed by atoms with Gasteiger partial charge < -0.3 is 15.6 Å². The van der Waals surface area contributed by atoms with E-state index in [2.05, 4.69) is 25.4 Å². The lowest BCUT2D eigenvalue weighted by Crippen LogP contribution is -2.24. The number of rotatable bonds is 2. The SMILES string of the molecule is Cc1ncc2c(c1-c1noc(-c3cc(N)ccn3)n1)CCNC2. The molecule has 3 aromatic heterocycles. The van der Waals surface area contributed by atoms with Crippen LogP contribution in [0.4, 0.5) is 5.69 Å². The van der Waals surface area contributed by atoms with E-state index >= 15 is 0 Å². The minimum Gasteiger partial charge on any atom is -0.399 e. The van der Waals surface area contributed by atoms with Gasteiger partial charge in [-0.05, 0) is 43.1 Å². The van der Waals surface area contributed by atoms with Crippen LogP contribution in [-0.2, 0) is 13.0 Å². The zero-order chi connectivity index (χ0) is 15.8. The van der Waals surface area contributed by atoms with E-state index in [9.17, 15) is 0 Å². The molecule has 0 unspecified atom stereocenters. The third-order valence-corrected chi connectivity index (χ3v) is 3.99. The van der Waals surface area contributed by atoms with E-state index < -0.39 is 0 Å². The fraction of sp³-hybridized carbons (Fsp3) is 0.250. The van der Waals surface area contributed by atoms with E-state index in [0.29, 0.717) is 23.1 Å². The molecule has 0 saturated carbocycles. The summed E-state index contributed by atoms with van der Waals surface area (Å²) in [4.78, 5) is 13.2. The van der Waals surface area contributed by atoms with Crippen LogP contribution in [0.15, 0.2) is 29.0 Å². The van der Waals surface area contributed by atoms with Gasteiger partial charge in [-0.1, -0.05) is 5.16 Å². The van der Waals surface area contributed by atoms with E-state index in [4.69, 9.17) is 10.3 Å². The molecule has 0 fully saturated rings. The molecule has 3 aromatic rings. The first kappa shape index (κ1) is 13.8. The van der Waals surface area contributed by atoms with Crippen LogP contribution in [0, 0.1) is 6.92 Å². The van der Waals surface area contributed by atoms with Crippen molar-refractivity contribution in [1.29, 1.82) is 0 Å². The second-order valence-corrected chi connectivity index (χ2v) is 5.55. The monoisotopic (exact) mass is 308 g/mol. The van der Waals surface area contributed by atoms with Crippen molar-refractivity contribution >= 4 is 5.69 Å². The normalized spacial score (nSPS) is 13.8. The zero-order valence-corrected chi connectivity index (χ0v) is 12.7. The maximum atomic E-state index is 5.78. The topological polar surface area (TPSA) is 103 Å². The first-order chi connectivity index (χ1) is 11.2. The Morgan fingerprint density at radius 1 is 1.30 bits per heavy atom. The zero-order valence-electron chi connectivity index (χ0n) is 12.7. The molecule has 1 aliphatic heterocycles. The summed E-state index contributed by atoms with van der Waals surface area (Å²) < 4.78 is 5.38. The number of aryl methyl sites for hydroxylation is 1. The summed E-state index contributed by atoms with van der Waals surface area (Å²) in [6.45, 7) is 3.72. The van der Waals surface area contributed by atoms with Crippen LogP contribution in [0.3, 0.4) is 0 Å². The number of fused-ring (bicyclic) bond motifs is 1. The molecule has 0 aromatic carbocycles. The first-order valence-electron chi connectivity index (χ1n) is 7.46. The molecular formula is C16H16N6O. The molecule has 0 radical (unpaired) electrons. The summed E-state index contributed by atoms with van der Waals surface area (Å²) in [5.74, 6) is 0.909. The van der Waals surface area contributed by atoms with Gasteiger partial charge in [-0.3, -0.25) is 9.97 Å². The Morgan fingerprint density at radius 3 is 3.09 bits per heavy atom. The van der Waals surface area contributed by atoms with Crippen molar-refractivity contribution in [2.75, 3.05) is 12.3 Å². The molecule has 0 spiro atoms. The van der Waals surface area contributed by atoms with Crippen molar-refractivity contribution in [3.8, 4) is 23.0 Å². The van der Waals surface area contributed by atoms with Crippen LogP contribution in [0.2, 0.25) is 0 Å². The predicted molar refractivity (Wildman–Crippen MR) is 85.3 cm³/mol. The van der Waals surface area contributed by atoms with Gasteiger partial charge in [-0.25, -0.2) is 0 Å². The number of hydrogen-bond acceptors (Lipinski definition) is 7. The van der Waals surface area contributed by atoms with Gasteiger partial charge in [-0.15, -0.1) is 0 Å². The number of hydrogen-bond donors (Lipinski definition) is 2. The van der Waals surface area contributed by atoms with Crippen molar-refractivity contribution in [1.82, 2.24) is 25.4 Å². The predicted octanol–water partition coefficient (Wildman–Crippen LogP) is 1.73. The second-order valence-electron chi connectivity index (χ2n) is 5.55. The first-order valence-corrected chi connectivity index (χ1v) is 7.46. The van der Waals surface area contributed by atoms with Gasteiger partial charge in [-0.2, -0.15) is 4.98 Å². The molecule has 0 amide bonds. The summed E-state index contributed by atoms with van der Waals surface area (Å²) >= 11 is 0. The number of nitrogens with two attached hydrogens (primary N) is 1. The smallest absolute Gasteiger partial charge is 0.276 e. The number of pyridine rings is 2. The largest absolute Gasteiger partial charge is 0.399 e. The summed E-state index contributed by atoms with van der Waals surface area (Å²) in [5, 5.41) is 7.48. The van der Waals surface area contributed by atoms with Crippen molar-refractivity contribution in [3.63, 3.8) is 0 Å². The van der Waals surface area contributed by atoms with Crippen molar-refractivity contribution in [2.24, 2.45) is 0 Å². The molecule has 4 heterocycles. The van der Waals surface area contributed by atoms with E-state index in [0.717, 1.165) is 30.8 Å². The van der Waals surface area contributed by atoms with Crippen molar-refractivity contribution in [2.45, 2.75) is 19.9 Å². The Labute approximate surface area is 133 Å². The van der Waals surface area contributed by atoms with Crippen LogP contribution < -0.4 is 11.1 Å². The van der Waals surface area contributed by atoms with Gasteiger partial charge in [0.15, 0.2) is 0 Å². The highest BCUT2D eigenvalue weighted by Gasteiger charge is 2.21. The lowest BCUT2D eigenvalue weighted by Gasteiger charge is -2.19. The third-order valence-electron chi connectivity index (χ3n) is 3.99. The Balaban J connectivity index is 1.81. The molecule has 4 rings (SSSR count). The highest BCUT2D eigenvalue weighted by atomic mass is 16.5. The van der Waals surface area contributed by atoms with Crippen LogP contribution >= 0.6 is 0 Å². The number of aromatic nitrogens is 4. The fourth-order valence-corrected chi connectivity index (χ4v) is 2.86. The molecule has 0 atom stereocenters. The Hall–Kier alpha value is -2.80. The molecule has 0 bridgehead atoms. The highest BCUT2D eigenvalue weighted by Crippen LogP contribution is 2.30. The fourth-order valence-electron chi connectivity index (χ4n) is 2.86. The molecule has 7 nitrogen and oxygen atoms in total. The number of nitrogen functional groups attached to an aromatic ring is 1. The molecular weight excluding hydrogens is 292 g/mol. The van der Waals surface area contributed by atoms with Crippen LogP contribution in [0.5, 0.6) is 0 Å². The Morgan fingerprint density at radius 2 is 2.22 bits per heavy atom. The maximum absolute atomic E-state index is 5.78. The molecule has 116 valence electrons. The lowest BCUT2D eigenvalue weighted by atomic mass is 9.95. The van der Waals surface area contributed by atoms with Crippen LogP contribution in [0.1, 0.15) is 16.8 Å².